The summed E-state index contributed by atoms with van der Waals surface area (Å²) in [4.78, 5) is 20.1. The number of benzene rings is 1. The van der Waals surface area contributed by atoms with Crippen molar-refractivity contribution in [3.8, 4) is 0 Å². The van der Waals surface area contributed by atoms with E-state index < -0.39 is 0 Å². The first kappa shape index (κ1) is 16.0. The van der Waals surface area contributed by atoms with Crippen LogP contribution in [0.3, 0.4) is 0 Å². The molecule has 2 aromatic rings. The molecule has 0 aliphatic rings. The average molecular weight is 317 g/mol. The topological polar surface area (TPSA) is 66.9 Å². The maximum Gasteiger partial charge on any atom is 0.254 e. The molecule has 1 amide bonds. The third-order valence-corrected chi connectivity index (χ3v) is 3.18. The quantitative estimate of drug-likeness (QED) is 0.771. The van der Waals surface area contributed by atoms with Gasteiger partial charge in [-0.25, -0.2) is 9.97 Å². The highest BCUT2D eigenvalue weighted by Gasteiger charge is 2.06. The highest BCUT2D eigenvalue weighted by atomic mass is 35.5. The van der Waals surface area contributed by atoms with Gasteiger partial charge in [-0.3, -0.25) is 4.79 Å². The molecule has 0 bridgehead atoms. The van der Waals surface area contributed by atoms with Crippen LogP contribution < -0.4 is 10.6 Å². The van der Waals surface area contributed by atoms with Gasteiger partial charge in [0.15, 0.2) is 0 Å². The molecule has 114 valence electrons. The molecule has 0 aliphatic carbocycles. The number of nitrogens with zero attached hydrogens (tertiary/aromatic N) is 2. The number of hydrogen-bond acceptors (Lipinski definition) is 4. The maximum atomic E-state index is 12.0. The van der Waals surface area contributed by atoms with Crippen molar-refractivity contribution in [2.75, 3.05) is 18.4 Å². The largest absolute Gasteiger partial charge is 0.352 e. The Labute approximate surface area is 134 Å². The Morgan fingerprint density at radius 1 is 1.23 bits per heavy atom. The van der Waals surface area contributed by atoms with Gasteiger partial charge in [0.2, 0.25) is 5.95 Å². The zero-order chi connectivity index (χ0) is 15.8. The Morgan fingerprint density at radius 2 is 1.91 bits per heavy atom. The Balaban J connectivity index is 1.81. The molecule has 0 spiro atoms. The summed E-state index contributed by atoms with van der Waals surface area (Å²) in [7, 11) is 0. The summed E-state index contributed by atoms with van der Waals surface area (Å²) in [5.74, 6) is 0.279. The zero-order valence-electron chi connectivity index (χ0n) is 12.1. The van der Waals surface area contributed by atoms with Crippen molar-refractivity contribution < 1.29 is 4.79 Å². The Morgan fingerprint density at radius 3 is 2.55 bits per heavy atom. The van der Waals surface area contributed by atoms with Crippen molar-refractivity contribution in [3.05, 3.63) is 65.5 Å². The Bertz CT molecular complexity index is 626. The summed E-state index contributed by atoms with van der Waals surface area (Å²) < 4.78 is 0. The van der Waals surface area contributed by atoms with Crippen LogP contribution in [0.5, 0.6) is 0 Å². The average Bonchev–Trinajstić information content (AvgIpc) is 2.55. The van der Waals surface area contributed by atoms with E-state index in [-0.39, 0.29) is 5.91 Å². The van der Waals surface area contributed by atoms with Gasteiger partial charge < -0.3 is 10.6 Å². The highest BCUT2D eigenvalue weighted by molar-refractivity contribution is 6.30. The van der Waals surface area contributed by atoms with Gasteiger partial charge in [0.1, 0.15) is 0 Å². The first-order valence-electron chi connectivity index (χ1n) is 6.88. The van der Waals surface area contributed by atoms with Crippen molar-refractivity contribution in [3.63, 3.8) is 0 Å². The number of aromatic nitrogens is 2. The SMILES string of the molecule is C=CCNc1ncc(C(=O)NCCc2ccc(Cl)cc2)cn1. The molecule has 1 heterocycles. The minimum absolute atomic E-state index is 0.191. The molecule has 0 fully saturated rings. The van der Waals surface area contributed by atoms with Gasteiger partial charge in [-0.1, -0.05) is 29.8 Å². The van der Waals surface area contributed by atoms with Gasteiger partial charge in [-0.2, -0.15) is 0 Å². The summed E-state index contributed by atoms with van der Waals surface area (Å²) in [5, 5.41) is 6.49. The number of hydrogen-bond donors (Lipinski definition) is 2. The third-order valence-electron chi connectivity index (χ3n) is 2.93. The molecule has 0 aliphatic heterocycles. The fourth-order valence-corrected chi connectivity index (χ4v) is 1.90. The second-order valence-corrected chi connectivity index (χ2v) is 5.03. The van der Waals surface area contributed by atoms with Crippen LogP contribution in [0.25, 0.3) is 0 Å². The van der Waals surface area contributed by atoms with E-state index in [0.717, 1.165) is 12.0 Å². The van der Waals surface area contributed by atoms with Gasteiger partial charge in [-0.15, -0.1) is 6.58 Å². The van der Waals surface area contributed by atoms with Crippen LogP contribution in [0.2, 0.25) is 5.02 Å². The van der Waals surface area contributed by atoms with Crippen LogP contribution in [0, 0.1) is 0 Å². The highest BCUT2D eigenvalue weighted by Crippen LogP contribution is 2.09. The van der Waals surface area contributed by atoms with E-state index in [1.807, 2.05) is 24.3 Å². The number of rotatable bonds is 7. The van der Waals surface area contributed by atoms with E-state index in [0.29, 0.717) is 29.6 Å². The molecule has 1 aromatic carbocycles. The summed E-state index contributed by atoms with van der Waals surface area (Å²) in [6.45, 7) is 4.71. The van der Waals surface area contributed by atoms with E-state index in [1.165, 1.54) is 12.4 Å². The normalized spacial score (nSPS) is 10.0. The number of halogens is 1. The minimum atomic E-state index is -0.191. The van der Waals surface area contributed by atoms with Crippen LogP contribution in [-0.2, 0) is 6.42 Å². The van der Waals surface area contributed by atoms with Gasteiger partial charge in [-0.05, 0) is 24.1 Å². The second-order valence-electron chi connectivity index (χ2n) is 4.60. The summed E-state index contributed by atoms with van der Waals surface area (Å²) in [6, 6.07) is 7.55. The molecule has 0 saturated carbocycles. The molecular weight excluding hydrogens is 300 g/mol. The van der Waals surface area contributed by atoms with Gasteiger partial charge >= 0.3 is 0 Å². The zero-order valence-corrected chi connectivity index (χ0v) is 12.8. The van der Waals surface area contributed by atoms with Crippen LogP contribution in [0.1, 0.15) is 15.9 Å². The number of amides is 1. The summed E-state index contributed by atoms with van der Waals surface area (Å²) >= 11 is 5.83. The van der Waals surface area contributed by atoms with Gasteiger partial charge in [0.25, 0.3) is 5.91 Å². The van der Waals surface area contributed by atoms with E-state index >= 15 is 0 Å². The lowest BCUT2D eigenvalue weighted by Gasteiger charge is -2.06. The predicted molar refractivity (Wildman–Crippen MR) is 88.2 cm³/mol. The first-order valence-corrected chi connectivity index (χ1v) is 7.26. The van der Waals surface area contributed by atoms with E-state index in [1.54, 1.807) is 6.08 Å². The number of carbonyl (C=O) groups excluding carboxylic acids is 1. The lowest BCUT2D eigenvalue weighted by Crippen LogP contribution is -2.26. The Hall–Kier alpha value is -2.40. The van der Waals surface area contributed by atoms with Crippen LogP contribution in [-0.4, -0.2) is 29.0 Å². The van der Waals surface area contributed by atoms with Crippen LogP contribution >= 0.6 is 11.6 Å². The fraction of sp³-hybridized carbons (Fsp3) is 0.188. The minimum Gasteiger partial charge on any atom is -0.352 e. The molecule has 0 unspecified atom stereocenters. The number of anilines is 1. The summed E-state index contributed by atoms with van der Waals surface area (Å²) in [6.07, 6.45) is 5.44. The van der Waals surface area contributed by atoms with Crippen molar-refractivity contribution >= 4 is 23.5 Å². The predicted octanol–water partition coefficient (Wildman–Crippen LogP) is 2.70. The maximum absolute atomic E-state index is 12.0. The molecular formula is C16H17ClN4O. The van der Waals surface area contributed by atoms with Crippen molar-refractivity contribution in [1.82, 2.24) is 15.3 Å². The van der Waals surface area contributed by atoms with E-state index in [9.17, 15) is 4.79 Å². The molecule has 2 N–H and O–H groups in total. The number of carbonyl (C=O) groups is 1. The molecule has 6 heteroatoms. The van der Waals surface area contributed by atoms with Gasteiger partial charge in [0, 0.05) is 30.5 Å². The number of nitrogens with one attached hydrogen (secondary N) is 2. The lowest BCUT2D eigenvalue weighted by atomic mass is 10.1. The molecule has 0 saturated heterocycles. The molecule has 22 heavy (non-hydrogen) atoms. The standard InChI is InChI=1S/C16H17ClN4O/c1-2-8-19-16-20-10-13(11-21-16)15(22)18-9-7-12-3-5-14(17)6-4-12/h2-6,10-11H,1,7-9H2,(H,18,22)(H,19,20,21). The van der Waals surface area contributed by atoms with Gasteiger partial charge in [0.05, 0.1) is 5.56 Å². The van der Waals surface area contributed by atoms with Crippen LogP contribution in [0.4, 0.5) is 5.95 Å². The third kappa shape index (κ3) is 4.86. The Kier molecular flexibility index (Phi) is 5.91. The van der Waals surface area contributed by atoms with E-state index in [4.69, 9.17) is 11.6 Å². The van der Waals surface area contributed by atoms with Crippen molar-refractivity contribution in [2.24, 2.45) is 0 Å². The summed E-state index contributed by atoms with van der Waals surface area (Å²) in [5.41, 5.74) is 1.55. The van der Waals surface area contributed by atoms with Crippen molar-refractivity contribution in [2.45, 2.75) is 6.42 Å². The second kappa shape index (κ2) is 8.14. The molecule has 0 radical (unpaired) electrons. The molecule has 5 nitrogen and oxygen atoms in total. The van der Waals surface area contributed by atoms with E-state index in [2.05, 4.69) is 27.2 Å². The van der Waals surface area contributed by atoms with Crippen molar-refractivity contribution in [1.29, 1.82) is 0 Å². The molecule has 2 rings (SSSR count). The molecule has 1 aromatic heterocycles. The fourth-order valence-electron chi connectivity index (χ4n) is 1.77. The van der Waals surface area contributed by atoms with Crippen LogP contribution in [0.15, 0.2) is 49.3 Å². The molecule has 0 atom stereocenters. The lowest BCUT2D eigenvalue weighted by molar-refractivity contribution is 0.0953. The monoisotopic (exact) mass is 316 g/mol. The first-order chi connectivity index (χ1) is 10.7. The smallest absolute Gasteiger partial charge is 0.254 e.